The highest BCUT2D eigenvalue weighted by atomic mass is 35.5. The first-order valence-electron chi connectivity index (χ1n) is 4.31. The molecule has 4 nitrogen and oxygen atoms in total. The minimum absolute atomic E-state index is 0.420. The summed E-state index contributed by atoms with van der Waals surface area (Å²) in [6.07, 6.45) is 1.11. The van der Waals surface area contributed by atoms with Gasteiger partial charge in [0.05, 0.1) is 16.8 Å². The normalized spacial score (nSPS) is 12.6. The second kappa shape index (κ2) is 4.48. The average Bonchev–Trinajstić information content (AvgIpc) is 2.01. The second-order valence-electron chi connectivity index (χ2n) is 3.30. The van der Waals surface area contributed by atoms with Crippen LogP contribution in [0.25, 0.3) is 0 Å². The zero-order chi connectivity index (χ0) is 10.7. The number of anilines is 2. The Hall–Kier alpha value is -1.00. The molecule has 0 spiro atoms. The standard InChI is InChI=1S/C9H14ClN3O/c1-6(14)5-13(2)9-8(11)3-7(10)4-12-9/h3-4,6,14H,5,11H2,1-2H3. The van der Waals surface area contributed by atoms with E-state index in [1.807, 2.05) is 7.05 Å². The molecule has 0 fully saturated rings. The lowest BCUT2D eigenvalue weighted by Gasteiger charge is -2.21. The van der Waals surface area contributed by atoms with Crippen LogP contribution < -0.4 is 10.6 Å². The Morgan fingerprint density at radius 2 is 2.36 bits per heavy atom. The molecule has 5 heteroatoms. The first kappa shape index (κ1) is 11.1. The molecule has 0 saturated carbocycles. The molecule has 0 aliphatic rings. The molecule has 0 aliphatic carbocycles. The number of likely N-dealkylation sites (N-methyl/N-ethyl adjacent to an activating group) is 1. The zero-order valence-electron chi connectivity index (χ0n) is 8.24. The van der Waals surface area contributed by atoms with Gasteiger partial charge < -0.3 is 15.7 Å². The second-order valence-corrected chi connectivity index (χ2v) is 3.73. The van der Waals surface area contributed by atoms with Crippen LogP contribution in [0.4, 0.5) is 11.5 Å². The smallest absolute Gasteiger partial charge is 0.151 e. The number of rotatable bonds is 3. The van der Waals surface area contributed by atoms with Crippen LogP contribution in [0.15, 0.2) is 12.3 Å². The van der Waals surface area contributed by atoms with Crippen LogP contribution in [0.2, 0.25) is 5.02 Å². The fourth-order valence-corrected chi connectivity index (χ4v) is 1.42. The van der Waals surface area contributed by atoms with Gasteiger partial charge in [0.15, 0.2) is 5.82 Å². The monoisotopic (exact) mass is 215 g/mol. The summed E-state index contributed by atoms with van der Waals surface area (Å²) in [7, 11) is 1.82. The van der Waals surface area contributed by atoms with Crippen LogP contribution >= 0.6 is 11.6 Å². The van der Waals surface area contributed by atoms with Gasteiger partial charge in [-0.05, 0) is 13.0 Å². The van der Waals surface area contributed by atoms with Crippen molar-refractivity contribution in [2.24, 2.45) is 0 Å². The SMILES string of the molecule is CC(O)CN(C)c1ncc(Cl)cc1N. The van der Waals surface area contributed by atoms with E-state index < -0.39 is 6.10 Å². The van der Waals surface area contributed by atoms with E-state index in [0.717, 1.165) is 0 Å². The van der Waals surface area contributed by atoms with Gasteiger partial charge in [-0.2, -0.15) is 0 Å². The highest BCUT2D eigenvalue weighted by molar-refractivity contribution is 6.30. The average molecular weight is 216 g/mol. The molecule has 0 saturated heterocycles. The topological polar surface area (TPSA) is 62.4 Å². The summed E-state index contributed by atoms with van der Waals surface area (Å²) < 4.78 is 0. The number of halogens is 1. The van der Waals surface area contributed by atoms with E-state index in [0.29, 0.717) is 23.1 Å². The summed E-state index contributed by atoms with van der Waals surface area (Å²) in [5, 5.41) is 9.70. The van der Waals surface area contributed by atoms with Crippen molar-refractivity contribution in [1.82, 2.24) is 4.98 Å². The molecule has 1 heterocycles. The molecule has 78 valence electrons. The fraction of sp³-hybridized carbons (Fsp3) is 0.444. The van der Waals surface area contributed by atoms with Crippen molar-refractivity contribution in [3.05, 3.63) is 17.3 Å². The molecule has 1 rings (SSSR count). The van der Waals surface area contributed by atoms with Crippen LogP contribution in [-0.2, 0) is 0 Å². The van der Waals surface area contributed by atoms with Crippen molar-refractivity contribution >= 4 is 23.1 Å². The lowest BCUT2D eigenvalue weighted by atomic mass is 10.3. The van der Waals surface area contributed by atoms with Gasteiger partial charge in [0.25, 0.3) is 0 Å². The van der Waals surface area contributed by atoms with Gasteiger partial charge in [0.2, 0.25) is 0 Å². The summed E-state index contributed by atoms with van der Waals surface area (Å²) in [6.45, 7) is 2.20. The molecule has 3 N–H and O–H groups in total. The minimum atomic E-state index is -0.420. The maximum Gasteiger partial charge on any atom is 0.151 e. The molecule has 0 amide bonds. The molecule has 1 atom stereocenters. The largest absolute Gasteiger partial charge is 0.396 e. The maximum absolute atomic E-state index is 9.19. The molecular formula is C9H14ClN3O. The molecule has 0 radical (unpaired) electrons. The van der Waals surface area contributed by atoms with E-state index in [2.05, 4.69) is 4.98 Å². The third kappa shape index (κ3) is 2.75. The van der Waals surface area contributed by atoms with Crippen molar-refractivity contribution in [1.29, 1.82) is 0 Å². The quantitative estimate of drug-likeness (QED) is 0.794. The Morgan fingerprint density at radius 3 is 2.86 bits per heavy atom. The Morgan fingerprint density at radius 1 is 1.71 bits per heavy atom. The first-order valence-corrected chi connectivity index (χ1v) is 4.68. The lowest BCUT2D eigenvalue weighted by Crippen LogP contribution is -2.28. The van der Waals surface area contributed by atoms with Gasteiger partial charge in [-0.25, -0.2) is 4.98 Å². The fourth-order valence-electron chi connectivity index (χ4n) is 1.25. The van der Waals surface area contributed by atoms with Crippen LogP contribution in [0.5, 0.6) is 0 Å². The number of nitrogens with two attached hydrogens (primary N) is 1. The van der Waals surface area contributed by atoms with E-state index in [1.165, 1.54) is 6.20 Å². The number of hydrogen-bond acceptors (Lipinski definition) is 4. The Bertz CT molecular complexity index is 317. The molecule has 1 aromatic rings. The van der Waals surface area contributed by atoms with Crippen LogP contribution in [-0.4, -0.2) is 29.8 Å². The highest BCUT2D eigenvalue weighted by Gasteiger charge is 2.09. The van der Waals surface area contributed by atoms with Crippen LogP contribution in [0.1, 0.15) is 6.92 Å². The number of hydrogen-bond donors (Lipinski definition) is 2. The van der Waals surface area contributed by atoms with Crippen LogP contribution in [0, 0.1) is 0 Å². The summed E-state index contributed by atoms with van der Waals surface area (Å²) in [5.41, 5.74) is 6.24. The predicted molar refractivity (Wildman–Crippen MR) is 58.6 cm³/mol. The number of nitrogens with zero attached hydrogens (tertiary/aromatic N) is 2. The molecule has 0 aromatic carbocycles. The van der Waals surface area contributed by atoms with Gasteiger partial charge in [-0.15, -0.1) is 0 Å². The highest BCUT2D eigenvalue weighted by Crippen LogP contribution is 2.22. The van der Waals surface area contributed by atoms with E-state index in [-0.39, 0.29) is 0 Å². The molecule has 1 unspecified atom stereocenters. The first-order chi connectivity index (χ1) is 6.50. The Labute approximate surface area is 88.3 Å². The summed E-state index contributed by atoms with van der Waals surface area (Å²) >= 11 is 5.72. The molecule has 0 aliphatic heterocycles. The maximum atomic E-state index is 9.19. The third-order valence-corrected chi connectivity index (χ3v) is 1.97. The lowest BCUT2D eigenvalue weighted by molar-refractivity contribution is 0.201. The third-order valence-electron chi connectivity index (χ3n) is 1.76. The van der Waals surface area contributed by atoms with Gasteiger partial charge in [0.1, 0.15) is 0 Å². The van der Waals surface area contributed by atoms with Crippen molar-refractivity contribution < 1.29 is 5.11 Å². The number of aromatic nitrogens is 1. The van der Waals surface area contributed by atoms with Gasteiger partial charge >= 0.3 is 0 Å². The number of nitrogen functional groups attached to an aromatic ring is 1. The van der Waals surface area contributed by atoms with E-state index >= 15 is 0 Å². The van der Waals surface area contributed by atoms with Crippen molar-refractivity contribution in [2.75, 3.05) is 24.2 Å². The van der Waals surface area contributed by atoms with Crippen molar-refractivity contribution in [3.8, 4) is 0 Å². The summed E-state index contributed by atoms with van der Waals surface area (Å²) in [5.74, 6) is 0.635. The summed E-state index contributed by atoms with van der Waals surface area (Å²) in [6, 6.07) is 1.64. The number of pyridine rings is 1. The van der Waals surface area contributed by atoms with E-state index in [4.69, 9.17) is 17.3 Å². The van der Waals surface area contributed by atoms with Crippen molar-refractivity contribution in [3.63, 3.8) is 0 Å². The Balaban J connectivity index is 2.84. The van der Waals surface area contributed by atoms with E-state index in [9.17, 15) is 5.11 Å². The molecule has 1 aromatic heterocycles. The Kier molecular flexibility index (Phi) is 3.55. The number of aliphatic hydroxyl groups excluding tert-OH is 1. The van der Waals surface area contributed by atoms with Crippen LogP contribution in [0.3, 0.4) is 0 Å². The van der Waals surface area contributed by atoms with Gasteiger partial charge in [0, 0.05) is 19.8 Å². The summed E-state index contributed by atoms with van der Waals surface area (Å²) in [4.78, 5) is 5.88. The predicted octanol–water partition coefficient (Wildman–Crippen LogP) is 1.13. The van der Waals surface area contributed by atoms with E-state index in [1.54, 1.807) is 17.9 Å². The van der Waals surface area contributed by atoms with Gasteiger partial charge in [-0.3, -0.25) is 0 Å². The van der Waals surface area contributed by atoms with Gasteiger partial charge in [-0.1, -0.05) is 11.6 Å². The molecular weight excluding hydrogens is 202 g/mol. The van der Waals surface area contributed by atoms with Crippen molar-refractivity contribution in [2.45, 2.75) is 13.0 Å². The molecule has 14 heavy (non-hydrogen) atoms. The minimum Gasteiger partial charge on any atom is -0.396 e. The zero-order valence-corrected chi connectivity index (χ0v) is 8.99. The number of aliphatic hydroxyl groups is 1. The molecule has 0 bridgehead atoms.